The predicted molar refractivity (Wildman–Crippen MR) is 72.2 cm³/mol. The fourth-order valence-corrected chi connectivity index (χ4v) is 1.86. The lowest BCUT2D eigenvalue weighted by molar-refractivity contribution is -0.286. The molecule has 3 rings (SSSR count). The Labute approximate surface area is 128 Å². The Hall–Kier alpha value is -2.91. The van der Waals surface area contributed by atoms with Crippen LogP contribution in [0, 0.1) is 0 Å². The van der Waals surface area contributed by atoms with Crippen LogP contribution in [0.3, 0.4) is 0 Å². The van der Waals surface area contributed by atoms with E-state index in [1.165, 1.54) is 18.2 Å². The summed E-state index contributed by atoms with van der Waals surface area (Å²) in [6.07, 6.45) is -3.10. The molecule has 0 fully saturated rings. The molecule has 2 N–H and O–H groups in total. The number of hydrogen-bond donors (Lipinski definition) is 2. The summed E-state index contributed by atoms with van der Waals surface area (Å²) < 4.78 is 39.6. The van der Waals surface area contributed by atoms with Crippen LogP contribution in [0.5, 0.6) is 11.5 Å². The van der Waals surface area contributed by atoms with Crippen LogP contribution in [-0.4, -0.2) is 22.5 Å². The third-order valence-electron chi connectivity index (χ3n) is 2.87. The predicted octanol–water partition coefficient (Wildman–Crippen LogP) is 2.28. The van der Waals surface area contributed by atoms with Crippen molar-refractivity contribution in [3.63, 3.8) is 0 Å². The van der Waals surface area contributed by atoms with Gasteiger partial charge in [-0.15, -0.1) is 19.0 Å². The number of alkyl halides is 2. The SMILES string of the molecule is CCc1nnc(CNC(=O)Nc2ccc3c(c2)OC(F)(F)O3)o1. The number of anilines is 1. The zero-order valence-electron chi connectivity index (χ0n) is 11.9. The van der Waals surface area contributed by atoms with Gasteiger partial charge in [0.2, 0.25) is 11.8 Å². The van der Waals surface area contributed by atoms with Crippen LogP contribution in [0.1, 0.15) is 18.7 Å². The van der Waals surface area contributed by atoms with Crippen LogP contribution >= 0.6 is 0 Å². The molecule has 2 aromatic rings. The van der Waals surface area contributed by atoms with E-state index in [1.807, 2.05) is 6.92 Å². The van der Waals surface area contributed by atoms with Crippen molar-refractivity contribution in [2.75, 3.05) is 5.32 Å². The van der Waals surface area contributed by atoms with Crippen molar-refractivity contribution in [3.8, 4) is 11.5 Å². The summed E-state index contributed by atoms with van der Waals surface area (Å²) in [4.78, 5) is 11.8. The molecule has 1 aliphatic rings. The molecule has 10 heteroatoms. The molecular formula is C13H12F2N4O4. The van der Waals surface area contributed by atoms with Gasteiger partial charge < -0.3 is 24.5 Å². The van der Waals surface area contributed by atoms with Gasteiger partial charge in [0.1, 0.15) is 0 Å². The largest absolute Gasteiger partial charge is 0.586 e. The van der Waals surface area contributed by atoms with Crippen LogP contribution in [0.4, 0.5) is 19.3 Å². The smallest absolute Gasteiger partial charge is 0.423 e. The van der Waals surface area contributed by atoms with Gasteiger partial charge in [0.05, 0.1) is 6.54 Å². The minimum Gasteiger partial charge on any atom is -0.423 e. The van der Waals surface area contributed by atoms with Gasteiger partial charge in [0.15, 0.2) is 11.5 Å². The third-order valence-corrected chi connectivity index (χ3v) is 2.87. The number of aromatic nitrogens is 2. The van der Waals surface area contributed by atoms with Crippen molar-refractivity contribution in [1.82, 2.24) is 15.5 Å². The highest BCUT2D eigenvalue weighted by Crippen LogP contribution is 2.42. The van der Waals surface area contributed by atoms with E-state index >= 15 is 0 Å². The first-order chi connectivity index (χ1) is 10.9. The summed E-state index contributed by atoms with van der Waals surface area (Å²) in [7, 11) is 0. The molecule has 0 saturated heterocycles. The van der Waals surface area contributed by atoms with Crippen LogP contribution in [0.15, 0.2) is 22.6 Å². The molecule has 0 radical (unpaired) electrons. The molecule has 0 unspecified atom stereocenters. The molecule has 1 aliphatic heterocycles. The molecule has 1 aromatic heterocycles. The lowest BCUT2D eigenvalue weighted by atomic mass is 10.3. The van der Waals surface area contributed by atoms with Crippen molar-refractivity contribution >= 4 is 11.7 Å². The maximum Gasteiger partial charge on any atom is 0.586 e. The topological polar surface area (TPSA) is 98.5 Å². The van der Waals surface area contributed by atoms with E-state index in [9.17, 15) is 13.6 Å². The number of carbonyl (C=O) groups is 1. The molecule has 23 heavy (non-hydrogen) atoms. The zero-order valence-corrected chi connectivity index (χ0v) is 11.9. The number of ether oxygens (including phenoxy) is 2. The van der Waals surface area contributed by atoms with Crippen LogP contribution in [0.25, 0.3) is 0 Å². The van der Waals surface area contributed by atoms with Gasteiger partial charge in [0.25, 0.3) is 0 Å². The Morgan fingerprint density at radius 1 is 1.22 bits per heavy atom. The number of aryl methyl sites for hydroxylation is 1. The van der Waals surface area contributed by atoms with E-state index < -0.39 is 12.3 Å². The Balaban J connectivity index is 1.56. The lowest BCUT2D eigenvalue weighted by Crippen LogP contribution is -2.28. The summed E-state index contributed by atoms with van der Waals surface area (Å²) in [6, 6.07) is 3.35. The number of rotatable bonds is 4. The fourth-order valence-electron chi connectivity index (χ4n) is 1.86. The van der Waals surface area contributed by atoms with Crippen molar-refractivity contribution < 1.29 is 27.5 Å². The van der Waals surface area contributed by atoms with E-state index in [-0.39, 0.29) is 29.6 Å². The number of nitrogens with one attached hydrogen (secondary N) is 2. The maximum atomic E-state index is 12.9. The Morgan fingerprint density at radius 3 is 2.70 bits per heavy atom. The van der Waals surface area contributed by atoms with E-state index in [2.05, 4.69) is 30.3 Å². The first-order valence-electron chi connectivity index (χ1n) is 6.71. The summed E-state index contributed by atoms with van der Waals surface area (Å²) in [6.45, 7) is 1.90. The van der Waals surface area contributed by atoms with E-state index in [1.54, 1.807) is 0 Å². The van der Waals surface area contributed by atoms with Crippen molar-refractivity contribution in [2.24, 2.45) is 0 Å². The molecule has 8 nitrogen and oxygen atoms in total. The van der Waals surface area contributed by atoms with Gasteiger partial charge in [-0.2, -0.15) is 0 Å². The van der Waals surface area contributed by atoms with Gasteiger partial charge in [-0.25, -0.2) is 4.79 Å². The average molecular weight is 326 g/mol. The molecule has 0 atom stereocenters. The Morgan fingerprint density at radius 2 is 1.96 bits per heavy atom. The average Bonchev–Trinajstić information content (AvgIpc) is 3.06. The highest BCUT2D eigenvalue weighted by atomic mass is 19.3. The van der Waals surface area contributed by atoms with Crippen LogP contribution in [0.2, 0.25) is 0 Å². The zero-order chi connectivity index (χ0) is 16.4. The molecule has 2 heterocycles. The van der Waals surface area contributed by atoms with Crippen molar-refractivity contribution in [1.29, 1.82) is 0 Å². The number of amides is 2. The Kier molecular flexibility index (Phi) is 3.72. The van der Waals surface area contributed by atoms with E-state index in [4.69, 9.17) is 4.42 Å². The molecule has 0 aliphatic carbocycles. The number of urea groups is 1. The first kappa shape index (κ1) is 15.0. The number of fused-ring (bicyclic) bond motifs is 1. The number of benzene rings is 1. The maximum absolute atomic E-state index is 12.9. The van der Waals surface area contributed by atoms with Crippen LogP contribution < -0.4 is 20.1 Å². The van der Waals surface area contributed by atoms with Crippen molar-refractivity contribution in [2.45, 2.75) is 26.2 Å². The minimum absolute atomic E-state index is 0.0431. The van der Waals surface area contributed by atoms with E-state index in [0.29, 0.717) is 12.3 Å². The van der Waals surface area contributed by atoms with Gasteiger partial charge in [-0.3, -0.25) is 0 Å². The van der Waals surface area contributed by atoms with E-state index in [0.717, 1.165) is 0 Å². The molecule has 2 amide bonds. The molecule has 122 valence electrons. The third kappa shape index (κ3) is 3.47. The highest BCUT2D eigenvalue weighted by molar-refractivity contribution is 5.89. The summed E-state index contributed by atoms with van der Waals surface area (Å²) >= 11 is 0. The molecule has 1 aromatic carbocycles. The van der Waals surface area contributed by atoms with Gasteiger partial charge in [-0.05, 0) is 12.1 Å². The molecule has 0 saturated carbocycles. The summed E-state index contributed by atoms with van der Waals surface area (Å²) in [5.74, 6) is 0.484. The molecule has 0 spiro atoms. The van der Waals surface area contributed by atoms with Crippen molar-refractivity contribution in [3.05, 3.63) is 30.0 Å². The second-order valence-corrected chi connectivity index (χ2v) is 4.58. The quantitative estimate of drug-likeness (QED) is 0.894. The first-order valence-corrected chi connectivity index (χ1v) is 6.71. The molecular weight excluding hydrogens is 314 g/mol. The Bertz CT molecular complexity index is 735. The normalized spacial score (nSPS) is 14.6. The number of halogens is 2. The number of carbonyl (C=O) groups excluding carboxylic acids is 1. The minimum atomic E-state index is -3.70. The lowest BCUT2D eigenvalue weighted by Gasteiger charge is -2.06. The summed E-state index contributed by atoms with van der Waals surface area (Å²) in [5, 5.41) is 12.5. The summed E-state index contributed by atoms with van der Waals surface area (Å²) in [5.41, 5.74) is 0.266. The second kappa shape index (κ2) is 5.71. The standard InChI is InChI=1S/C13H12F2N4O4/c1-2-10-18-19-11(21-10)6-16-12(20)17-7-3-4-8-9(5-7)23-13(14,15)22-8/h3-5H,2,6H2,1H3,(H2,16,17,20). The number of hydrogen-bond acceptors (Lipinski definition) is 6. The number of nitrogens with zero attached hydrogens (tertiary/aromatic N) is 2. The van der Waals surface area contributed by atoms with Gasteiger partial charge in [-0.1, -0.05) is 6.92 Å². The van der Waals surface area contributed by atoms with Gasteiger partial charge >= 0.3 is 12.3 Å². The second-order valence-electron chi connectivity index (χ2n) is 4.58. The monoisotopic (exact) mass is 326 g/mol. The highest BCUT2D eigenvalue weighted by Gasteiger charge is 2.43. The fraction of sp³-hybridized carbons (Fsp3) is 0.308. The molecule has 0 bridgehead atoms. The van der Waals surface area contributed by atoms with Gasteiger partial charge in [0, 0.05) is 18.2 Å². The van der Waals surface area contributed by atoms with Crippen LogP contribution in [-0.2, 0) is 13.0 Å².